The van der Waals surface area contributed by atoms with Gasteiger partial charge in [0.15, 0.2) is 0 Å². The zero-order chi connectivity index (χ0) is 33.6. The van der Waals surface area contributed by atoms with Crippen LogP contribution >= 0.6 is 0 Å². The summed E-state index contributed by atoms with van der Waals surface area (Å²) in [7, 11) is 1.84. The molecule has 2 saturated heterocycles. The minimum absolute atomic E-state index is 0.00330. The number of benzene rings is 2. The molecular weight excluding hydrogens is 608 g/mol. The first-order chi connectivity index (χ1) is 23.1. The van der Waals surface area contributed by atoms with Crippen molar-refractivity contribution in [3.8, 4) is 0 Å². The van der Waals surface area contributed by atoms with Crippen LogP contribution in [0.1, 0.15) is 60.0 Å². The lowest BCUT2D eigenvalue weighted by molar-refractivity contribution is -0.142. The monoisotopic (exact) mass is 650 g/mol. The van der Waals surface area contributed by atoms with Gasteiger partial charge in [0, 0.05) is 76.0 Å². The van der Waals surface area contributed by atoms with Crippen LogP contribution in [0.3, 0.4) is 0 Å². The van der Waals surface area contributed by atoms with Crippen LogP contribution in [0.15, 0.2) is 71.9 Å². The van der Waals surface area contributed by atoms with E-state index in [-0.39, 0.29) is 41.7 Å². The maximum Gasteiger partial charge on any atom is 0.262 e. The molecule has 11 nitrogen and oxygen atoms in total. The first kappa shape index (κ1) is 31.8. The Morgan fingerprint density at radius 1 is 0.979 bits per heavy atom. The number of rotatable bonds is 5. The van der Waals surface area contributed by atoms with Crippen LogP contribution in [-0.4, -0.2) is 85.1 Å². The predicted molar refractivity (Wildman–Crippen MR) is 182 cm³/mol. The predicted octanol–water partition coefficient (Wildman–Crippen LogP) is 3.33. The number of fused-ring (bicyclic) bond motifs is 2. The summed E-state index contributed by atoms with van der Waals surface area (Å²) < 4.78 is 3.26. The number of piperidine rings is 2. The Kier molecular flexibility index (Phi) is 8.41. The summed E-state index contributed by atoms with van der Waals surface area (Å²) in [5.41, 5.74) is 2.81. The van der Waals surface area contributed by atoms with Crippen molar-refractivity contribution in [3.05, 3.63) is 94.2 Å². The molecule has 48 heavy (non-hydrogen) atoms. The summed E-state index contributed by atoms with van der Waals surface area (Å²) in [4.78, 5) is 63.1. The fourth-order valence-corrected chi connectivity index (χ4v) is 7.86. The average molecular weight is 651 g/mol. The lowest BCUT2D eigenvalue weighted by atomic mass is 9.79. The van der Waals surface area contributed by atoms with E-state index < -0.39 is 5.60 Å². The van der Waals surface area contributed by atoms with Gasteiger partial charge >= 0.3 is 0 Å². The van der Waals surface area contributed by atoms with Gasteiger partial charge in [-0.05, 0) is 67.5 Å². The van der Waals surface area contributed by atoms with Crippen LogP contribution in [0.4, 0.5) is 5.69 Å². The number of likely N-dealkylation sites (tertiary alicyclic amines) is 2. The minimum Gasteiger partial charge on any atom is -0.388 e. The van der Waals surface area contributed by atoms with Gasteiger partial charge in [-0.2, -0.15) is 0 Å². The Balaban J connectivity index is 1.05. The minimum atomic E-state index is -1.13. The summed E-state index contributed by atoms with van der Waals surface area (Å²) in [5.74, 6) is -0.497. The second-order valence-corrected chi connectivity index (χ2v) is 13.7. The number of nitrogens with zero attached hydrogens (tertiary/aromatic N) is 6. The van der Waals surface area contributed by atoms with Crippen molar-refractivity contribution in [3.63, 3.8) is 0 Å². The highest BCUT2D eigenvalue weighted by Gasteiger charge is 2.42. The number of carbonyl (C=O) groups is 3. The Morgan fingerprint density at radius 3 is 2.50 bits per heavy atom. The standard InChI is InChI=1S/C37H42N6O5/c1-25(44)43-16-6-9-27-21-28(10-11-32(27)43)34(45)41-18-13-29(31(22-41)26-7-4-3-5-8-26)35(46)40-19-14-37(48,15-20-40)23-42-24-38-33-30(36(42)47)12-17-39(33)2/h3-5,7-8,10-12,17,21,24,29,31,48H,6,9,13-16,18-20,22-23H2,1-2H3/t29-,31+/m1/s1. The van der Waals surface area contributed by atoms with Crippen LogP contribution < -0.4 is 10.5 Å². The van der Waals surface area contributed by atoms with E-state index in [2.05, 4.69) is 4.98 Å². The highest BCUT2D eigenvalue weighted by Crippen LogP contribution is 2.37. The molecule has 3 aliphatic heterocycles. The molecule has 0 unspecified atom stereocenters. The van der Waals surface area contributed by atoms with Crippen molar-refractivity contribution < 1.29 is 19.5 Å². The van der Waals surface area contributed by atoms with Crippen molar-refractivity contribution in [2.24, 2.45) is 13.0 Å². The zero-order valence-electron chi connectivity index (χ0n) is 27.5. The number of aliphatic hydroxyl groups is 1. The highest BCUT2D eigenvalue weighted by atomic mass is 16.3. The number of hydrogen-bond donors (Lipinski definition) is 1. The third-order valence-corrected chi connectivity index (χ3v) is 10.6. The van der Waals surface area contributed by atoms with Crippen molar-refractivity contribution in [1.82, 2.24) is 23.9 Å². The average Bonchev–Trinajstić information content (AvgIpc) is 3.49. The van der Waals surface area contributed by atoms with Crippen molar-refractivity contribution in [1.29, 1.82) is 0 Å². The van der Waals surface area contributed by atoms with Crippen LogP contribution in [-0.2, 0) is 29.6 Å². The molecule has 4 aromatic rings. The zero-order valence-corrected chi connectivity index (χ0v) is 27.5. The second-order valence-electron chi connectivity index (χ2n) is 13.7. The highest BCUT2D eigenvalue weighted by molar-refractivity contribution is 5.97. The molecule has 7 rings (SSSR count). The van der Waals surface area contributed by atoms with Crippen LogP contribution in [0.25, 0.3) is 11.0 Å². The molecule has 3 amide bonds. The number of amides is 3. The summed E-state index contributed by atoms with van der Waals surface area (Å²) in [5, 5.41) is 12.0. The Bertz CT molecular complexity index is 1930. The van der Waals surface area contributed by atoms with Gasteiger partial charge in [-0.15, -0.1) is 0 Å². The molecule has 0 radical (unpaired) electrons. The Hall–Kier alpha value is -4.77. The maximum atomic E-state index is 14.1. The second kappa shape index (κ2) is 12.7. The third kappa shape index (κ3) is 5.91. The van der Waals surface area contributed by atoms with Crippen LogP contribution in [0.2, 0.25) is 0 Å². The smallest absolute Gasteiger partial charge is 0.262 e. The van der Waals surface area contributed by atoms with Gasteiger partial charge in [-0.3, -0.25) is 23.7 Å². The van der Waals surface area contributed by atoms with E-state index in [0.717, 1.165) is 29.7 Å². The maximum absolute atomic E-state index is 14.1. The molecule has 11 heteroatoms. The lowest BCUT2D eigenvalue weighted by Crippen LogP contribution is -2.53. The van der Waals surface area contributed by atoms with Crippen LogP contribution in [0.5, 0.6) is 0 Å². The first-order valence-electron chi connectivity index (χ1n) is 16.9. The third-order valence-electron chi connectivity index (χ3n) is 10.6. The molecule has 5 heterocycles. The van der Waals surface area contributed by atoms with Gasteiger partial charge in [0.1, 0.15) is 12.0 Å². The Morgan fingerprint density at radius 2 is 1.75 bits per heavy atom. The number of aromatic nitrogens is 3. The number of anilines is 1. The molecule has 2 aromatic carbocycles. The van der Waals surface area contributed by atoms with Gasteiger partial charge in [-0.25, -0.2) is 4.98 Å². The Labute approximate surface area is 279 Å². The van der Waals surface area contributed by atoms with E-state index in [9.17, 15) is 24.3 Å². The molecule has 2 atom stereocenters. The van der Waals surface area contributed by atoms with Crippen molar-refractivity contribution in [2.45, 2.75) is 57.1 Å². The van der Waals surface area contributed by atoms with E-state index in [0.29, 0.717) is 68.6 Å². The van der Waals surface area contributed by atoms with Gasteiger partial charge < -0.3 is 24.4 Å². The van der Waals surface area contributed by atoms with E-state index in [1.165, 1.54) is 10.9 Å². The molecule has 0 saturated carbocycles. The van der Waals surface area contributed by atoms with Gasteiger partial charge in [0.25, 0.3) is 11.5 Å². The topological polar surface area (TPSA) is 121 Å². The molecule has 1 N–H and O–H groups in total. The molecule has 3 aliphatic rings. The number of hydrogen-bond acceptors (Lipinski definition) is 6. The molecule has 250 valence electrons. The summed E-state index contributed by atoms with van der Waals surface area (Å²) in [6, 6.07) is 17.3. The molecule has 0 aliphatic carbocycles. The molecular formula is C37H42N6O5. The summed E-state index contributed by atoms with van der Waals surface area (Å²) >= 11 is 0. The van der Waals surface area contributed by atoms with E-state index in [1.807, 2.05) is 65.4 Å². The summed E-state index contributed by atoms with van der Waals surface area (Å²) in [6.45, 7) is 4.04. The number of carbonyl (C=O) groups excluding carboxylic acids is 3. The lowest BCUT2D eigenvalue weighted by Gasteiger charge is -2.43. The van der Waals surface area contributed by atoms with E-state index in [1.54, 1.807) is 28.7 Å². The van der Waals surface area contributed by atoms with Crippen molar-refractivity contribution >= 4 is 34.4 Å². The normalized spacial score (nSPS) is 20.9. The quantitative estimate of drug-likeness (QED) is 0.354. The molecule has 2 aromatic heterocycles. The van der Waals surface area contributed by atoms with Gasteiger partial charge in [0.2, 0.25) is 11.8 Å². The van der Waals surface area contributed by atoms with Crippen molar-refractivity contribution in [2.75, 3.05) is 37.6 Å². The molecule has 0 bridgehead atoms. The van der Waals surface area contributed by atoms with Gasteiger partial charge in [0.05, 0.1) is 17.5 Å². The molecule has 0 spiro atoms. The fraction of sp³-hybridized carbons (Fsp3) is 0.432. The van der Waals surface area contributed by atoms with Gasteiger partial charge in [-0.1, -0.05) is 30.3 Å². The molecule has 2 fully saturated rings. The summed E-state index contributed by atoms with van der Waals surface area (Å²) in [6.07, 6.45) is 6.21. The largest absolute Gasteiger partial charge is 0.388 e. The fourth-order valence-electron chi connectivity index (χ4n) is 7.86. The van der Waals surface area contributed by atoms with E-state index >= 15 is 0 Å². The van der Waals surface area contributed by atoms with Crippen LogP contribution in [0, 0.1) is 5.92 Å². The number of aryl methyl sites for hydroxylation is 2. The SMILES string of the molecule is CC(=O)N1CCCc2cc(C(=O)N3CC[C@@H](C(=O)N4CCC(O)(Cn5cnc6c(ccn6C)c5=O)CC4)[C@H](c4ccccc4)C3)ccc21. The van der Waals surface area contributed by atoms with E-state index in [4.69, 9.17) is 0 Å². The first-order valence-corrected chi connectivity index (χ1v) is 16.9.